The molecule has 5 atom stereocenters. The number of carboxylic acids is 1. The van der Waals surface area contributed by atoms with Crippen molar-refractivity contribution in [2.75, 3.05) is 6.54 Å². The Bertz CT molecular complexity index is 789. The van der Waals surface area contributed by atoms with Crippen LogP contribution in [0, 0.1) is 0 Å². The van der Waals surface area contributed by atoms with Gasteiger partial charge in [-0.25, -0.2) is 0 Å². The minimum atomic E-state index is -1.42. The Labute approximate surface area is 193 Å². The molecule has 0 aromatic heterocycles. The fourth-order valence-electron chi connectivity index (χ4n) is 3.00. The van der Waals surface area contributed by atoms with Crippen LogP contribution < -0.4 is 27.4 Å². The Hall–Kier alpha value is -3.02. The minimum absolute atomic E-state index is 0.119. The fraction of sp³-hybridized carbons (Fsp3) is 0.545. The molecule has 0 fully saturated rings. The first-order valence-electron chi connectivity index (χ1n) is 10.9. The van der Waals surface area contributed by atoms with Gasteiger partial charge in [0.25, 0.3) is 0 Å². The normalized spacial score (nSPS) is 15.4. The van der Waals surface area contributed by atoms with Crippen molar-refractivity contribution in [1.29, 1.82) is 0 Å². The van der Waals surface area contributed by atoms with E-state index < -0.39 is 54.0 Å². The number of amides is 3. The van der Waals surface area contributed by atoms with Crippen LogP contribution in [0.2, 0.25) is 0 Å². The number of nitrogens with one attached hydrogen (secondary N) is 3. The smallest absolute Gasteiger partial charge is 0.325 e. The number of carbonyl (C=O) groups is 4. The largest absolute Gasteiger partial charge is 0.480 e. The van der Waals surface area contributed by atoms with Gasteiger partial charge in [-0.1, -0.05) is 36.8 Å². The Morgan fingerprint density at radius 2 is 1.58 bits per heavy atom. The van der Waals surface area contributed by atoms with Crippen LogP contribution in [0.25, 0.3) is 0 Å². The highest BCUT2D eigenvalue weighted by Gasteiger charge is 2.31. The first-order valence-corrected chi connectivity index (χ1v) is 10.9. The maximum atomic E-state index is 13.0. The number of hydrogen-bond acceptors (Lipinski definition) is 7. The summed E-state index contributed by atoms with van der Waals surface area (Å²) in [6, 6.07) is 4.37. The lowest BCUT2D eigenvalue weighted by Gasteiger charge is -2.26. The third-order valence-corrected chi connectivity index (χ3v) is 5.01. The van der Waals surface area contributed by atoms with Gasteiger partial charge in [0, 0.05) is 6.42 Å². The maximum absolute atomic E-state index is 13.0. The van der Waals surface area contributed by atoms with Gasteiger partial charge in [-0.05, 0) is 38.8 Å². The summed E-state index contributed by atoms with van der Waals surface area (Å²) < 4.78 is 0. The van der Waals surface area contributed by atoms with Crippen molar-refractivity contribution >= 4 is 23.7 Å². The fourth-order valence-corrected chi connectivity index (χ4v) is 3.00. The first-order chi connectivity index (χ1) is 15.6. The van der Waals surface area contributed by atoms with Gasteiger partial charge in [0.05, 0.1) is 12.1 Å². The van der Waals surface area contributed by atoms with Crippen LogP contribution in [0.4, 0.5) is 0 Å². The number of rotatable bonds is 14. The van der Waals surface area contributed by atoms with Crippen LogP contribution in [0.1, 0.15) is 38.7 Å². The number of nitrogens with two attached hydrogens (primary N) is 2. The average Bonchev–Trinajstić information content (AvgIpc) is 2.77. The Balaban J connectivity index is 2.97. The van der Waals surface area contributed by atoms with Gasteiger partial charge >= 0.3 is 5.97 Å². The van der Waals surface area contributed by atoms with Gasteiger partial charge in [-0.3, -0.25) is 19.2 Å². The summed E-state index contributed by atoms with van der Waals surface area (Å²) in [4.78, 5) is 49.0. The average molecular weight is 466 g/mol. The number of carboxylic acid groups (broad SMARTS) is 1. The molecule has 0 aliphatic heterocycles. The Kier molecular flexibility index (Phi) is 12.0. The van der Waals surface area contributed by atoms with Crippen molar-refractivity contribution in [2.24, 2.45) is 11.5 Å². The molecule has 3 amide bonds. The molecule has 0 spiro atoms. The van der Waals surface area contributed by atoms with E-state index in [-0.39, 0.29) is 6.42 Å². The van der Waals surface area contributed by atoms with Crippen molar-refractivity contribution in [1.82, 2.24) is 16.0 Å². The number of hydrogen-bond donors (Lipinski definition) is 7. The molecule has 1 aromatic rings. The zero-order chi connectivity index (χ0) is 25.0. The highest BCUT2D eigenvalue weighted by molar-refractivity contribution is 5.94. The van der Waals surface area contributed by atoms with Gasteiger partial charge in [0.15, 0.2) is 0 Å². The zero-order valence-electron chi connectivity index (χ0n) is 19.0. The molecule has 0 bridgehead atoms. The van der Waals surface area contributed by atoms with Crippen molar-refractivity contribution in [3.05, 3.63) is 35.9 Å². The van der Waals surface area contributed by atoms with Crippen LogP contribution in [0.15, 0.2) is 30.3 Å². The molecular weight excluding hydrogens is 430 g/mol. The third-order valence-electron chi connectivity index (χ3n) is 5.01. The van der Waals surface area contributed by atoms with E-state index in [0.29, 0.717) is 19.4 Å². The summed E-state index contributed by atoms with van der Waals surface area (Å²) in [5.74, 6) is -3.38. The molecule has 0 saturated heterocycles. The van der Waals surface area contributed by atoms with E-state index in [1.807, 2.05) is 6.07 Å². The van der Waals surface area contributed by atoms with Crippen molar-refractivity contribution in [2.45, 2.75) is 69.8 Å². The molecule has 0 saturated carbocycles. The molecule has 0 aliphatic rings. The van der Waals surface area contributed by atoms with Crippen LogP contribution in [-0.2, 0) is 25.6 Å². The van der Waals surface area contributed by atoms with E-state index in [1.54, 1.807) is 24.3 Å². The Morgan fingerprint density at radius 3 is 2.12 bits per heavy atom. The van der Waals surface area contributed by atoms with Crippen molar-refractivity contribution < 1.29 is 29.4 Å². The van der Waals surface area contributed by atoms with E-state index in [2.05, 4.69) is 16.0 Å². The highest BCUT2D eigenvalue weighted by Crippen LogP contribution is 2.06. The summed E-state index contributed by atoms with van der Waals surface area (Å²) in [6.07, 6.45) is 0.574. The molecule has 5 unspecified atom stereocenters. The molecule has 9 N–H and O–H groups in total. The lowest BCUT2D eigenvalue weighted by atomic mass is 10.0. The van der Waals surface area contributed by atoms with E-state index >= 15 is 0 Å². The highest BCUT2D eigenvalue weighted by atomic mass is 16.4. The zero-order valence-corrected chi connectivity index (χ0v) is 19.0. The predicted molar refractivity (Wildman–Crippen MR) is 122 cm³/mol. The summed E-state index contributed by atoms with van der Waals surface area (Å²) in [5.41, 5.74) is 12.2. The maximum Gasteiger partial charge on any atom is 0.325 e. The van der Waals surface area contributed by atoms with E-state index in [0.717, 1.165) is 12.0 Å². The second kappa shape index (κ2) is 14.2. The summed E-state index contributed by atoms with van der Waals surface area (Å²) in [6.45, 7) is 3.02. The number of unbranched alkanes of at least 4 members (excludes halogenated alkanes) is 1. The van der Waals surface area contributed by atoms with Gasteiger partial charge in [0.1, 0.15) is 18.1 Å². The number of carbonyl (C=O) groups excluding carboxylic acids is 3. The standard InChI is InChI=1S/C22H35N5O6/c1-13(22(32)33)25-21(31)18(14(2)28)27-20(30)17(12-15-8-4-3-5-9-15)26-19(29)16(24)10-6-7-11-23/h3-5,8-9,13-14,16-18,28H,6-7,10-12,23-24H2,1-2H3,(H,25,31)(H,26,29)(H,27,30)(H,32,33). The molecular formula is C22H35N5O6. The molecule has 0 radical (unpaired) electrons. The Morgan fingerprint density at radius 1 is 0.939 bits per heavy atom. The molecule has 0 heterocycles. The minimum Gasteiger partial charge on any atom is -0.480 e. The summed E-state index contributed by atoms with van der Waals surface area (Å²) in [7, 11) is 0. The third kappa shape index (κ3) is 9.98. The van der Waals surface area contributed by atoms with E-state index in [1.165, 1.54) is 13.8 Å². The predicted octanol–water partition coefficient (Wildman–Crippen LogP) is -1.37. The monoisotopic (exact) mass is 465 g/mol. The SMILES string of the molecule is CC(NC(=O)C(NC(=O)C(Cc1ccccc1)NC(=O)C(N)CCCCN)C(C)O)C(=O)O. The quantitative estimate of drug-likeness (QED) is 0.163. The molecule has 1 aromatic carbocycles. The summed E-state index contributed by atoms with van der Waals surface area (Å²) in [5, 5.41) is 26.2. The number of aliphatic hydroxyl groups is 1. The van der Waals surface area contributed by atoms with Crippen LogP contribution >= 0.6 is 0 Å². The van der Waals surface area contributed by atoms with Crippen LogP contribution in [-0.4, -0.2) is 70.7 Å². The van der Waals surface area contributed by atoms with Crippen LogP contribution in [0.3, 0.4) is 0 Å². The summed E-state index contributed by atoms with van der Waals surface area (Å²) >= 11 is 0. The van der Waals surface area contributed by atoms with Gasteiger partial charge in [-0.15, -0.1) is 0 Å². The second-order valence-corrected chi connectivity index (χ2v) is 7.94. The molecule has 0 aliphatic carbocycles. The second-order valence-electron chi connectivity index (χ2n) is 7.94. The number of benzene rings is 1. The lowest BCUT2D eigenvalue weighted by molar-refractivity contribution is -0.142. The first kappa shape index (κ1) is 28.0. The van der Waals surface area contributed by atoms with E-state index in [9.17, 15) is 24.3 Å². The molecule has 1 rings (SSSR count). The van der Waals surface area contributed by atoms with Gasteiger partial charge < -0.3 is 37.6 Å². The lowest BCUT2D eigenvalue weighted by Crippen LogP contribution is -2.60. The topological polar surface area (TPSA) is 197 Å². The van der Waals surface area contributed by atoms with E-state index in [4.69, 9.17) is 16.6 Å². The van der Waals surface area contributed by atoms with Gasteiger partial charge in [0.2, 0.25) is 17.7 Å². The van der Waals surface area contributed by atoms with Crippen LogP contribution in [0.5, 0.6) is 0 Å². The molecule has 11 heteroatoms. The van der Waals surface area contributed by atoms with Gasteiger partial charge in [-0.2, -0.15) is 0 Å². The molecule has 11 nitrogen and oxygen atoms in total. The molecule has 33 heavy (non-hydrogen) atoms. The molecule has 184 valence electrons. The number of aliphatic carboxylic acids is 1. The number of aliphatic hydroxyl groups excluding tert-OH is 1. The van der Waals surface area contributed by atoms with Crippen molar-refractivity contribution in [3.8, 4) is 0 Å². The van der Waals surface area contributed by atoms with Crippen molar-refractivity contribution in [3.63, 3.8) is 0 Å².